The number of nitrogens with one attached hydrogen (secondary N) is 1. The van der Waals surface area contributed by atoms with Crippen molar-refractivity contribution >= 4 is 5.91 Å². The van der Waals surface area contributed by atoms with Gasteiger partial charge in [-0.05, 0) is 32.3 Å². The van der Waals surface area contributed by atoms with Gasteiger partial charge in [0, 0.05) is 12.1 Å². The third kappa shape index (κ3) is 6.77. The lowest BCUT2D eigenvalue weighted by Gasteiger charge is -2.14. The summed E-state index contributed by atoms with van der Waals surface area (Å²) < 4.78 is 0. The van der Waals surface area contributed by atoms with Crippen LogP contribution in [-0.4, -0.2) is 5.91 Å². The molecule has 1 amide bonds. The summed E-state index contributed by atoms with van der Waals surface area (Å²) in [5.41, 5.74) is 2.32. The molecule has 0 fully saturated rings. The van der Waals surface area contributed by atoms with E-state index in [-0.39, 0.29) is 5.91 Å². The molecule has 1 atom stereocenters. The first-order valence-corrected chi connectivity index (χ1v) is 6.29. The Kier molecular flexibility index (Phi) is 8.12. The molecule has 0 aromatic rings. The number of carbonyl (C=O) groups is 1. The van der Waals surface area contributed by atoms with E-state index in [9.17, 15) is 4.79 Å². The minimum atomic E-state index is -0.142. The highest BCUT2D eigenvalue weighted by Gasteiger charge is 2.07. The summed E-state index contributed by atoms with van der Waals surface area (Å²) in [6.45, 7) is 11.9. The van der Waals surface area contributed by atoms with Crippen LogP contribution < -0.4 is 5.32 Å². The van der Waals surface area contributed by atoms with Crippen LogP contribution in [0.25, 0.3) is 0 Å². The van der Waals surface area contributed by atoms with Gasteiger partial charge in [0.15, 0.2) is 0 Å². The van der Waals surface area contributed by atoms with Gasteiger partial charge in [0.1, 0.15) is 0 Å². The van der Waals surface area contributed by atoms with Crippen LogP contribution in [0, 0.1) is 5.92 Å². The molecule has 0 bridgehead atoms. The first-order chi connectivity index (χ1) is 8.07. The molecule has 0 spiro atoms. The lowest BCUT2D eigenvalue weighted by molar-refractivity contribution is -0.115. The van der Waals surface area contributed by atoms with E-state index >= 15 is 0 Å². The van der Waals surface area contributed by atoms with E-state index in [1.165, 1.54) is 18.1 Å². The van der Waals surface area contributed by atoms with Gasteiger partial charge in [-0.3, -0.25) is 4.79 Å². The number of allylic oxidation sites excluding steroid dienone is 3. The molecule has 0 saturated heterocycles. The molecule has 1 unspecified atom stereocenters. The Morgan fingerprint density at radius 1 is 1.35 bits per heavy atom. The van der Waals surface area contributed by atoms with Gasteiger partial charge < -0.3 is 5.32 Å². The topological polar surface area (TPSA) is 29.1 Å². The molecule has 0 aliphatic carbocycles. The molecule has 2 nitrogen and oxygen atoms in total. The predicted molar refractivity (Wildman–Crippen MR) is 74.5 cm³/mol. The zero-order valence-corrected chi connectivity index (χ0v) is 11.5. The second-order valence-electron chi connectivity index (χ2n) is 4.35. The quantitative estimate of drug-likeness (QED) is 0.525. The molecule has 96 valence electrons. The second-order valence-corrected chi connectivity index (χ2v) is 4.35. The molecular formula is C15H25NO. The Morgan fingerprint density at radius 2 is 2.00 bits per heavy atom. The maximum absolute atomic E-state index is 11.2. The summed E-state index contributed by atoms with van der Waals surface area (Å²) in [5.74, 6) is 0.548. The van der Waals surface area contributed by atoms with E-state index < -0.39 is 0 Å². The highest BCUT2D eigenvalue weighted by molar-refractivity contribution is 5.88. The standard InChI is InChI=1S/C15H25NO/c1-6-12(5)10-13(7-2)11-14(8-3)16-15(17)9-4/h7-9,12H,4,6,10-11H2,1-3,5H3,(H,16,17)/b13-7-,14-8+. The zero-order chi connectivity index (χ0) is 13.3. The van der Waals surface area contributed by atoms with Crippen molar-refractivity contribution in [3.05, 3.63) is 36.1 Å². The molecule has 1 N–H and O–H groups in total. The van der Waals surface area contributed by atoms with Crippen molar-refractivity contribution in [2.45, 2.75) is 47.0 Å². The van der Waals surface area contributed by atoms with Gasteiger partial charge in [-0.15, -0.1) is 0 Å². The molecule has 0 aromatic carbocycles. The minimum absolute atomic E-state index is 0.142. The first kappa shape index (κ1) is 15.7. The number of rotatable bonds is 7. The lowest BCUT2D eigenvalue weighted by atomic mass is 9.95. The van der Waals surface area contributed by atoms with Crippen molar-refractivity contribution in [1.82, 2.24) is 5.32 Å². The van der Waals surface area contributed by atoms with Gasteiger partial charge in [-0.2, -0.15) is 0 Å². The van der Waals surface area contributed by atoms with Crippen LogP contribution in [0.4, 0.5) is 0 Å². The third-order valence-corrected chi connectivity index (χ3v) is 2.95. The van der Waals surface area contributed by atoms with Crippen molar-refractivity contribution in [2.24, 2.45) is 5.92 Å². The van der Waals surface area contributed by atoms with Crippen LogP contribution in [0.1, 0.15) is 47.0 Å². The van der Waals surface area contributed by atoms with Gasteiger partial charge in [0.2, 0.25) is 5.91 Å². The summed E-state index contributed by atoms with van der Waals surface area (Å²) in [6.07, 6.45) is 8.48. The van der Waals surface area contributed by atoms with E-state index in [1.807, 2.05) is 13.0 Å². The molecule has 0 aliphatic heterocycles. The van der Waals surface area contributed by atoms with E-state index in [2.05, 4.69) is 38.7 Å². The van der Waals surface area contributed by atoms with Crippen molar-refractivity contribution in [2.75, 3.05) is 0 Å². The van der Waals surface area contributed by atoms with Crippen LogP contribution in [0.5, 0.6) is 0 Å². The monoisotopic (exact) mass is 235 g/mol. The van der Waals surface area contributed by atoms with Crippen molar-refractivity contribution in [1.29, 1.82) is 0 Å². The van der Waals surface area contributed by atoms with Crippen molar-refractivity contribution in [3.63, 3.8) is 0 Å². The van der Waals surface area contributed by atoms with E-state index in [0.29, 0.717) is 5.92 Å². The Balaban J connectivity index is 4.44. The van der Waals surface area contributed by atoms with Gasteiger partial charge in [0.05, 0.1) is 0 Å². The lowest BCUT2D eigenvalue weighted by Crippen LogP contribution is -2.20. The third-order valence-electron chi connectivity index (χ3n) is 2.95. The smallest absolute Gasteiger partial charge is 0.247 e. The fourth-order valence-electron chi connectivity index (χ4n) is 1.56. The Morgan fingerprint density at radius 3 is 2.41 bits per heavy atom. The van der Waals surface area contributed by atoms with Crippen molar-refractivity contribution in [3.8, 4) is 0 Å². The zero-order valence-electron chi connectivity index (χ0n) is 11.5. The van der Waals surface area contributed by atoms with Crippen LogP contribution >= 0.6 is 0 Å². The van der Waals surface area contributed by atoms with Crippen LogP contribution in [0.3, 0.4) is 0 Å². The summed E-state index contributed by atoms with van der Waals surface area (Å²) in [7, 11) is 0. The summed E-state index contributed by atoms with van der Waals surface area (Å²) in [4.78, 5) is 11.2. The number of amides is 1. The molecule has 17 heavy (non-hydrogen) atoms. The summed E-state index contributed by atoms with van der Waals surface area (Å²) in [6, 6.07) is 0. The van der Waals surface area contributed by atoms with Gasteiger partial charge >= 0.3 is 0 Å². The number of carbonyl (C=O) groups excluding carboxylic acids is 1. The molecule has 0 heterocycles. The Hall–Kier alpha value is -1.31. The molecular weight excluding hydrogens is 210 g/mol. The molecule has 0 rings (SSSR count). The van der Waals surface area contributed by atoms with E-state index in [4.69, 9.17) is 0 Å². The number of hydrogen-bond acceptors (Lipinski definition) is 1. The molecule has 0 radical (unpaired) electrons. The SMILES string of the molecule is C=CC(=O)N/C(=C/C)C/C(=C\C)CC(C)CC. The highest BCUT2D eigenvalue weighted by Crippen LogP contribution is 2.20. The van der Waals surface area contributed by atoms with E-state index in [0.717, 1.165) is 18.5 Å². The van der Waals surface area contributed by atoms with Gasteiger partial charge in [0.25, 0.3) is 0 Å². The molecule has 0 aliphatic rings. The maximum atomic E-state index is 11.2. The minimum Gasteiger partial charge on any atom is -0.326 e. The fraction of sp³-hybridized carbons (Fsp3) is 0.533. The number of hydrogen-bond donors (Lipinski definition) is 1. The van der Waals surface area contributed by atoms with Crippen LogP contribution in [-0.2, 0) is 4.79 Å². The fourth-order valence-corrected chi connectivity index (χ4v) is 1.56. The molecule has 0 aromatic heterocycles. The van der Waals surface area contributed by atoms with Crippen LogP contribution in [0.15, 0.2) is 36.1 Å². The van der Waals surface area contributed by atoms with Crippen molar-refractivity contribution < 1.29 is 4.79 Å². The maximum Gasteiger partial charge on any atom is 0.247 e. The average Bonchev–Trinajstić information content (AvgIpc) is 2.36. The van der Waals surface area contributed by atoms with Gasteiger partial charge in [-0.1, -0.05) is 44.6 Å². The predicted octanol–water partition coefficient (Wildman–Crippen LogP) is 3.97. The summed E-state index contributed by atoms with van der Waals surface area (Å²) >= 11 is 0. The molecule has 2 heteroatoms. The average molecular weight is 235 g/mol. The first-order valence-electron chi connectivity index (χ1n) is 6.29. The summed E-state index contributed by atoms with van der Waals surface area (Å²) in [5, 5.41) is 2.84. The molecule has 0 saturated carbocycles. The normalized spacial score (nSPS) is 14.4. The Bertz CT molecular complexity index is 313. The van der Waals surface area contributed by atoms with Gasteiger partial charge in [-0.25, -0.2) is 0 Å². The van der Waals surface area contributed by atoms with Crippen LogP contribution in [0.2, 0.25) is 0 Å². The Labute approximate surface area is 105 Å². The largest absolute Gasteiger partial charge is 0.326 e. The highest BCUT2D eigenvalue weighted by atomic mass is 16.1. The van der Waals surface area contributed by atoms with E-state index in [1.54, 1.807) is 0 Å². The second kappa shape index (κ2) is 8.80.